The van der Waals surface area contributed by atoms with Crippen LogP contribution in [0.1, 0.15) is 91.5 Å². The number of rotatable bonds is 46. The van der Waals surface area contributed by atoms with Gasteiger partial charge < -0.3 is 125 Å². The summed E-state index contributed by atoms with van der Waals surface area (Å²) in [5, 5.41) is 13.6. The van der Waals surface area contributed by atoms with Crippen LogP contribution in [0.5, 0.6) is 126 Å². The minimum atomic E-state index is -0.215. The molecule has 770 valence electrons. The monoisotopic (exact) mass is 2040 g/mol. The first-order chi connectivity index (χ1) is 71.2. The van der Waals surface area contributed by atoms with Crippen molar-refractivity contribution in [3.63, 3.8) is 0 Å². The van der Waals surface area contributed by atoms with E-state index in [9.17, 15) is 19.2 Å². The first-order valence-electron chi connectivity index (χ1n) is 44.9. The Morgan fingerprint density at radius 2 is 0.401 bits per heavy atom. The van der Waals surface area contributed by atoms with Gasteiger partial charge in [-0.2, -0.15) is 0 Å². The minimum absolute atomic E-state index is 0.105. The molecule has 0 aliphatic heterocycles. The summed E-state index contributed by atoms with van der Waals surface area (Å²) in [7, 11) is 34.4. The molecule has 12 aromatic rings. The van der Waals surface area contributed by atoms with Gasteiger partial charge in [-0.3, -0.25) is 19.2 Å². The summed E-state index contributed by atoms with van der Waals surface area (Å²) in [6.07, 6.45) is 27.3. The molecule has 32 heteroatoms. The molecule has 0 aromatic heterocycles. The molecule has 30 nitrogen and oxygen atoms in total. The summed E-state index contributed by atoms with van der Waals surface area (Å²) >= 11 is 11.9. The van der Waals surface area contributed by atoms with Gasteiger partial charge in [0.1, 0.15) is 0 Å². The van der Waals surface area contributed by atoms with E-state index in [0.717, 1.165) is 50.1 Å². The lowest BCUT2D eigenvalue weighted by Crippen LogP contribution is -2.00. The van der Waals surface area contributed by atoms with Crippen LogP contribution in [0.25, 0.3) is 48.6 Å². The molecule has 0 spiro atoms. The fraction of sp³-hybridized carbons (Fsp3) is 0.200. The molecule has 0 saturated heterocycles. The summed E-state index contributed by atoms with van der Waals surface area (Å²) in [6, 6.07) is 55.6. The highest BCUT2D eigenvalue weighted by molar-refractivity contribution is 6.31. The molecule has 12 aromatic carbocycles. The molecule has 0 atom stereocenters. The van der Waals surface area contributed by atoms with Crippen molar-refractivity contribution >= 4 is 118 Å². The zero-order valence-corrected chi connectivity index (χ0v) is 87.5. The van der Waals surface area contributed by atoms with Crippen molar-refractivity contribution < 1.29 is 123 Å². The van der Waals surface area contributed by atoms with Gasteiger partial charge in [0.2, 0.25) is 23.0 Å². The number of hydrogen-bond acceptors (Lipinski definition) is 30. The van der Waals surface area contributed by atoms with Gasteiger partial charge in [-0.25, -0.2) is 0 Å². The largest absolute Gasteiger partial charge is 0.493 e. The van der Waals surface area contributed by atoms with E-state index in [1.54, 1.807) is 253 Å². The molecule has 4 N–H and O–H groups in total. The first-order valence-corrected chi connectivity index (χ1v) is 45.6. The number of ketones is 4. The maximum absolute atomic E-state index is 12.7. The third-order valence-corrected chi connectivity index (χ3v) is 22.2. The highest BCUT2D eigenvalue weighted by Gasteiger charge is 2.22. The number of hydrogen-bond donors (Lipinski definition) is 4. The molecule has 0 fully saturated rings. The number of aryl methyl sites for hydroxylation is 1. The van der Waals surface area contributed by atoms with Gasteiger partial charge in [0.15, 0.2) is 127 Å². The molecular weight excluding hydrogens is 1920 g/mol. The Morgan fingerprint density at radius 3 is 0.626 bits per heavy atom. The molecule has 12 rings (SSSR count). The van der Waals surface area contributed by atoms with Crippen LogP contribution in [-0.2, 0) is 0 Å². The van der Waals surface area contributed by atoms with E-state index in [0.29, 0.717) is 182 Å². The van der Waals surface area contributed by atoms with Crippen LogP contribution >= 0.6 is 23.2 Å². The fourth-order valence-electron chi connectivity index (χ4n) is 14.5. The van der Waals surface area contributed by atoms with Crippen molar-refractivity contribution in [3.8, 4) is 126 Å². The molecule has 0 unspecified atom stereocenters. The summed E-state index contributed by atoms with van der Waals surface area (Å²) < 4.78 is 120. The van der Waals surface area contributed by atoms with Crippen molar-refractivity contribution in [1.29, 1.82) is 0 Å². The maximum Gasteiger partial charge on any atom is 0.203 e. The second kappa shape index (κ2) is 57.7. The van der Waals surface area contributed by atoms with Crippen LogP contribution in [0, 0.1) is 6.92 Å². The number of ether oxygens (including phenoxy) is 22. The van der Waals surface area contributed by atoms with Gasteiger partial charge >= 0.3 is 0 Å². The minimum Gasteiger partial charge on any atom is -0.493 e. The number of benzene rings is 12. The summed E-state index contributed by atoms with van der Waals surface area (Å²) in [5.41, 5.74) is 12.4. The van der Waals surface area contributed by atoms with Crippen LogP contribution in [0.3, 0.4) is 0 Å². The number of carbonyl (C=O) groups is 4. The molecule has 0 bridgehead atoms. The molecular formula is C115H120Cl2N4O26. The molecule has 0 aliphatic carbocycles. The second-order valence-corrected chi connectivity index (χ2v) is 31.6. The smallest absolute Gasteiger partial charge is 0.203 e. The lowest BCUT2D eigenvalue weighted by molar-refractivity contribution is 0.103. The van der Waals surface area contributed by atoms with Gasteiger partial charge in [0.05, 0.1) is 179 Å². The van der Waals surface area contributed by atoms with Crippen LogP contribution < -0.4 is 125 Å². The third-order valence-electron chi connectivity index (χ3n) is 21.8. The summed E-state index contributed by atoms with van der Waals surface area (Å²) in [5.74, 6) is 11.1. The van der Waals surface area contributed by atoms with Crippen LogP contribution in [0.2, 0.25) is 10.0 Å². The van der Waals surface area contributed by atoms with Gasteiger partial charge in [-0.05, 0) is 203 Å². The Morgan fingerprint density at radius 1 is 0.197 bits per heavy atom. The Balaban J connectivity index is 0.000000218. The lowest BCUT2D eigenvalue weighted by atomic mass is 10.1. The van der Waals surface area contributed by atoms with E-state index >= 15 is 0 Å². The summed E-state index contributed by atoms with van der Waals surface area (Å²) in [4.78, 5) is 50.1. The number of allylic oxidation sites excluding steroid dienone is 4. The molecule has 0 amide bonds. The van der Waals surface area contributed by atoms with E-state index in [1.807, 2.05) is 165 Å². The Hall–Kier alpha value is -17.4. The normalized spacial score (nSPS) is 10.9. The number of carbonyl (C=O) groups excluding carboxylic acids is 4. The van der Waals surface area contributed by atoms with E-state index in [1.165, 1.54) is 31.4 Å². The Kier molecular flexibility index (Phi) is 44.4. The summed E-state index contributed by atoms with van der Waals surface area (Å²) in [6.45, 7) is 1.98. The predicted octanol–water partition coefficient (Wildman–Crippen LogP) is 24.5. The SMILES string of the molecule is COc1cc(/C=C\c2cc(OC)c(OC)c(OC)c2)cc(N/C=C\C(=O)c2ccc(C)cc2)c1OC.COc1cc(/C=C\c2cc(OC)c(OC)c(OC)c2)cc(N/C=C\C(=O)c2ccc(Cl)cc2)c1OC.COc1cc(/C=C\c2cc(OC)c(OC)c(OC)c2)cc(N/C=C\C(=O)c2cccc(Cl)c2)c1OC.COc1ccc(C(=O)/C=C\Nc2cc(/C=C\c3cc(OC)c(OC)c(OC)c3)cc(OC)c2OC)cc1OC. The van der Waals surface area contributed by atoms with Gasteiger partial charge in [0.25, 0.3) is 0 Å². The maximum atomic E-state index is 12.7. The van der Waals surface area contributed by atoms with E-state index in [2.05, 4.69) is 21.3 Å². The van der Waals surface area contributed by atoms with Gasteiger partial charge in [0, 0.05) is 81.4 Å². The van der Waals surface area contributed by atoms with E-state index in [-0.39, 0.29) is 23.1 Å². The van der Waals surface area contributed by atoms with Crippen molar-refractivity contribution in [3.05, 3.63) is 320 Å². The molecule has 0 heterocycles. The quantitative estimate of drug-likeness (QED) is 0.0156. The van der Waals surface area contributed by atoms with Crippen molar-refractivity contribution in [2.75, 3.05) is 178 Å². The van der Waals surface area contributed by atoms with Gasteiger partial charge in [-0.15, -0.1) is 0 Å². The van der Waals surface area contributed by atoms with Crippen LogP contribution in [0.15, 0.2) is 237 Å². The molecule has 0 saturated carbocycles. The average Bonchev–Trinajstić information content (AvgIpc) is 0.821. The highest BCUT2D eigenvalue weighted by Crippen LogP contribution is 2.47. The van der Waals surface area contributed by atoms with E-state index < -0.39 is 0 Å². The number of halogens is 2. The number of nitrogens with one attached hydrogen (secondary N) is 4. The molecule has 0 aliphatic rings. The zero-order chi connectivity index (χ0) is 107. The molecule has 0 radical (unpaired) electrons. The van der Waals surface area contributed by atoms with Gasteiger partial charge in [-0.1, -0.05) is 114 Å². The predicted molar refractivity (Wildman–Crippen MR) is 580 cm³/mol. The van der Waals surface area contributed by atoms with E-state index in [4.69, 9.17) is 127 Å². The average molecular weight is 2050 g/mol. The van der Waals surface area contributed by atoms with Crippen LogP contribution in [-0.4, -0.2) is 180 Å². The number of methoxy groups -OCH3 is 22. The van der Waals surface area contributed by atoms with Crippen molar-refractivity contribution in [1.82, 2.24) is 0 Å². The van der Waals surface area contributed by atoms with Crippen molar-refractivity contribution in [2.24, 2.45) is 0 Å². The third kappa shape index (κ3) is 31.1. The lowest BCUT2D eigenvalue weighted by Gasteiger charge is -2.14. The Labute approximate surface area is 866 Å². The zero-order valence-electron chi connectivity index (χ0n) is 86.0. The van der Waals surface area contributed by atoms with Crippen LogP contribution in [0.4, 0.5) is 22.7 Å². The topological polar surface area (TPSA) is 319 Å². The second-order valence-electron chi connectivity index (χ2n) is 30.7. The fourth-order valence-corrected chi connectivity index (χ4v) is 14.8. The Bertz CT molecular complexity index is 6490. The first kappa shape index (κ1) is 113. The molecule has 147 heavy (non-hydrogen) atoms. The highest BCUT2D eigenvalue weighted by atomic mass is 35.5. The standard InChI is InChI=1S/C30H33NO8.C29H31NO6.2C28H28ClNO6/c1-33-24-11-10-21(18-25(24)34-2)23(32)12-13-31-22-14-19(15-26(35-3)29(22)38-6)8-9-20-16-27(36-4)30(39-7)28(17-20)37-5;1-19-7-11-22(12-8-19)24(31)13-14-30-23-15-20(16-25(32-2)28(23)35-5)9-10-21-17-26(33-3)29(36-6)27(18-21)34-4;1-32-24-15-18(6-7-19-16-25(33-2)28(36-5)26(17-19)34-3)14-22(27(24)35-4)30-13-12-23(31)20-8-10-21(29)11-9-20;1-32-24-14-18(9-10-19-15-25(33-2)28(36-5)26(16-19)34-3)13-22(27(24)35-4)30-12-11-23(31)20-7-6-8-21(29)17-20/h8-18,31H,1-7H3;7-18,30H,1-6H3;2*6-17,30H,1-5H3/b9-8-,13-12-;10-9-,14-13-;7-6-,13-12-;10-9-,12-11-. The van der Waals surface area contributed by atoms with Crippen molar-refractivity contribution in [2.45, 2.75) is 6.92 Å². The number of anilines is 4.